The monoisotopic (exact) mass is 333 g/mol. The highest BCUT2D eigenvalue weighted by Crippen LogP contribution is 2.25. The molecule has 0 aromatic carbocycles. The lowest BCUT2D eigenvalue weighted by atomic mass is 9.98. The van der Waals surface area contributed by atoms with Crippen molar-refractivity contribution in [2.24, 2.45) is 5.92 Å². The van der Waals surface area contributed by atoms with Gasteiger partial charge in [0.1, 0.15) is 11.6 Å². The minimum Gasteiger partial charge on any atom is -0.458 e. The van der Waals surface area contributed by atoms with Crippen molar-refractivity contribution in [1.29, 1.82) is 0 Å². The maximum atomic E-state index is 12.7. The molecule has 1 N–H and O–H groups in total. The van der Waals surface area contributed by atoms with Crippen LogP contribution in [0.4, 0.5) is 0 Å². The molecule has 2 aromatic rings. The molecule has 0 spiro atoms. The summed E-state index contributed by atoms with van der Waals surface area (Å²) in [5.74, 6) is -0.749. The molecular formula is C17H23N3O4. The third-order valence-electron chi connectivity index (χ3n) is 3.79. The zero-order chi connectivity index (χ0) is 18.1. The Hall–Kier alpha value is -2.44. The Balaban J connectivity index is 2.73. The summed E-state index contributed by atoms with van der Waals surface area (Å²) < 4.78 is 6.65. The molecule has 0 unspecified atom stereocenters. The van der Waals surface area contributed by atoms with Crippen molar-refractivity contribution in [3.63, 3.8) is 0 Å². The molecule has 0 amide bonds. The third-order valence-corrected chi connectivity index (χ3v) is 3.79. The van der Waals surface area contributed by atoms with Gasteiger partial charge in [-0.3, -0.25) is 14.2 Å². The van der Waals surface area contributed by atoms with E-state index in [0.29, 0.717) is 11.9 Å². The van der Waals surface area contributed by atoms with Gasteiger partial charge in [-0.2, -0.15) is 0 Å². The number of ether oxygens (including phenoxy) is 1. The van der Waals surface area contributed by atoms with Crippen LogP contribution in [0.2, 0.25) is 0 Å². The average Bonchev–Trinajstić information content (AvgIpc) is 2.49. The van der Waals surface area contributed by atoms with Gasteiger partial charge >= 0.3 is 17.1 Å². The van der Waals surface area contributed by atoms with Gasteiger partial charge in [0.25, 0.3) is 0 Å². The molecule has 2 aromatic heterocycles. The highest BCUT2D eigenvalue weighted by Gasteiger charge is 2.33. The number of carbonyl (C=O) groups excluding carboxylic acids is 1. The number of rotatable bonds is 4. The first-order valence-electron chi connectivity index (χ1n) is 7.98. The summed E-state index contributed by atoms with van der Waals surface area (Å²) in [6.07, 6.45) is 2.15. The molecule has 7 heteroatoms. The number of pyridine rings is 1. The van der Waals surface area contributed by atoms with E-state index in [1.807, 2.05) is 13.8 Å². The van der Waals surface area contributed by atoms with E-state index in [2.05, 4.69) is 9.97 Å². The fourth-order valence-corrected chi connectivity index (χ4v) is 2.50. The Morgan fingerprint density at radius 3 is 2.62 bits per heavy atom. The summed E-state index contributed by atoms with van der Waals surface area (Å²) >= 11 is 0. The zero-order valence-corrected chi connectivity index (χ0v) is 14.6. The lowest BCUT2D eigenvalue weighted by Gasteiger charge is -2.28. The number of nitrogens with zero attached hydrogens (tertiary/aromatic N) is 2. The van der Waals surface area contributed by atoms with Crippen LogP contribution in [-0.2, 0) is 9.53 Å². The largest absolute Gasteiger partial charge is 0.458 e. The van der Waals surface area contributed by atoms with Crippen LogP contribution in [0.3, 0.4) is 0 Å². The molecule has 0 aliphatic carbocycles. The first kappa shape index (κ1) is 17.9. The number of nitrogens with one attached hydrogen (secondary N) is 1. The van der Waals surface area contributed by atoms with E-state index in [-0.39, 0.29) is 11.6 Å². The lowest BCUT2D eigenvalue weighted by molar-refractivity contribution is -0.160. The highest BCUT2D eigenvalue weighted by molar-refractivity contribution is 5.78. The van der Waals surface area contributed by atoms with Crippen LogP contribution in [0.1, 0.15) is 47.1 Å². The summed E-state index contributed by atoms with van der Waals surface area (Å²) in [4.78, 5) is 43.9. The number of carbonyl (C=O) groups is 1. The fraction of sp³-hybridized carbons (Fsp3) is 0.529. The van der Waals surface area contributed by atoms with Crippen LogP contribution < -0.4 is 11.1 Å². The van der Waals surface area contributed by atoms with Crippen LogP contribution in [0, 0.1) is 5.92 Å². The normalized spacial score (nSPS) is 14.4. The molecule has 0 bridgehead atoms. The van der Waals surface area contributed by atoms with Gasteiger partial charge in [0.15, 0.2) is 5.65 Å². The highest BCUT2D eigenvalue weighted by atomic mass is 16.6. The maximum absolute atomic E-state index is 12.7. The quantitative estimate of drug-likeness (QED) is 0.682. The van der Waals surface area contributed by atoms with Gasteiger partial charge < -0.3 is 9.72 Å². The van der Waals surface area contributed by atoms with E-state index in [1.54, 1.807) is 32.9 Å². The van der Waals surface area contributed by atoms with Crippen LogP contribution in [-0.4, -0.2) is 26.1 Å². The average molecular weight is 333 g/mol. The fourth-order valence-electron chi connectivity index (χ4n) is 2.50. The molecule has 0 fully saturated rings. The van der Waals surface area contributed by atoms with E-state index in [9.17, 15) is 14.4 Å². The van der Waals surface area contributed by atoms with Crippen molar-refractivity contribution in [1.82, 2.24) is 14.5 Å². The first-order chi connectivity index (χ1) is 11.2. The molecule has 2 rings (SSSR count). The summed E-state index contributed by atoms with van der Waals surface area (Å²) in [7, 11) is 0. The van der Waals surface area contributed by atoms with Gasteiger partial charge in [0, 0.05) is 6.20 Å². The lowest BCUT2D eigenvalue weighted by Crippen LogP contribution is -2.44. The zero-order valence-electron chi connectivity index (χ0n) is 14.6. The molecule has 24 heavy (non-hydrogen) atoms. The standard InChI is InChI=1S/C17H23N3O4/c1-6-10(2)12(16(23)24-17(3,4)5)20-13-11(8-7-9-18-13)19-14(21)15(20)22/h7-10,12H,6H2,1-5H3,(H,19,21)/t10-,12-/m0/s1. The third kappa shape index (κ3) is 3.55. The number of hydrogen-bond donors (Lipinski definition) is 1. The Morgan fingerprint density at radius 1 is 1.38 bits per heavy atom. The molecule has 2 heterocycles. The molecule has 130 valence electrons. The molecule has 0 saturated heterocycles. The Bertz CT molecular complexity index is 860. The van der Waals surface area contributed by atoms with Gasteiger partial charge in [-0.25, -0.2) is 9.78 Å². The van der Waals surface area contributed by atoms with Crippen molar-refractivity contribution in [3.05, 3.63) is 39.0 Å². The second-order valence-corrected chi connectivity index (χ2v) is 6.87. The van der Waals surface area contributed by atoms with Crippen LogP contribution in [0.15, 0.2) is 27.9 Å². The summed E-state index contributed by atoms with van der Waals surface area (Å²) in [5.41, 5.74) is -1.63. The van der Waals surface area contributed by atoms with Gasteiger partial charge in [-0.15, -0.1) is 0 Å². The van der Waals surface area contributed by atoms with E-state index >= 15 is 0 Å². The maximum Gasteiger partial charge on any atom is 0.330 e. The van der Waals surface area contributed by atoms with Crippen molar-refractivity contribution in [3.8, 4) is 0 Å². The van der Waals surface area contributed by atoms with Crippen molar-refractivity contribution in [2.45, 2.75) is 52.7 Å². The van der Waals surface area contributed by atoms with Gasteiger partial charge in [-0.05, 0) is 38.8 Å². The SMILES string of the molecule is CC[C@H](C)[C@@H](C(=O)OC(C)(C)C)n1c(=O)c(=O)[nH]c2cccnc21. The smallest absolute Gasteiger partial charge is 0.330 e. The Kier molecular flexibility index (Phi) is 4.91. The summed E-state index contributed by atoms with van der Waals surface area (Å²) in [6.45, 7) is 9.04. The molecule has 0 radical (unpaired) electrons. The molecular weight excluding hydrogens is 310 g/mol. The van der Waals surface area contributed by atoms with Gasteiger partial charge in [-0.1, -0.05) is 20.3 Å². The van der Waals surface area contributed by atoms with Crippen LogP contribution >= 0.6 is 0 Å². The van der Waals surface area contributed by atoms with Crippen LogP contribution in [0.5, 0.6) is 0 Å². The predicted molar refractivity (Wildman–Crippen MR) is 91.0 cm³/mol. The number of aromatic nitrogens is 3. The van der Waals surface area contributed by atoms with Gasteiger partial charge in [0.05, 0.1) is 5.52 Å². The predicted octanol–water partition coefficient (Wildman–Crippen LogP) is 2.01. The molecule has 2 atom stereocenters. The molecule has 0 aliphatic rings. The second-order valence-electron chi connectivity index (χ2n) is 6.87. The van der Waals surface area contributed by atoms with Crippen LogP contribution in [0.25, 0.3) is 11.2 Å². The van der Waals surface area contributed by atoms with Gasteiger partial charge in [0.2, 0.25) is 0 Å². The molecule has 7 nitrogen and oxygen atoms in total. The van der Waals surface area contributed by atoms with E-state index in [1.165, 1.54) is 6.20 Å². The topological polar surface area (TPSA) is 94.0 Å². The van der Waals surface area contributed by atoms with E-state index in [0.717, 1.165) is 4.57 Å². The summed E-state index contributed by atoms with van der Waals surface area (Å²) in [6, 6.07) is 2.38. The van der Waals surface area contributed by atoms with E-state index in [4.69, 9.17) is 4.74 Å². The number of hydrogen-bond acceptors (Lipinski definition) is 5. The number of H-pyrrole nitrogens is 1. The van der Waals surface area contributed by atoms with Crippen molar-refractivity contribution in [2.75, 3.05) is 0 Å². The minimum absolute atomic E-state index is 0.204. The summed E-state index contributed by atoms with van der Waals surface area (Å²) in [5, 5.41) is 0. The minimum atomic E-state index is -0.915. The molecule has 0 aliphatic heterocycles. The van der Waals surface area contributed by atoms with Crippen molar-refractivity contribution >= 4 is 17.1 Å². The Labute approximate surface area is 139 Å². The molecule has 0 saturated carbocycles. The number of fused-ring (bicyclic) bond motifs is 1. The first-order valence-corrected chi connectivity index (χ1v) is 7.98. The second kappa shape index (κ2) is 6.59. The Morgan fingerprint density at radius 2 is 2.04 bits per heavy atom. The van der Waals surface area contributed by atoms with Crippen molar-refractivity contribution < 1.29 is 9.53 Å². The number of aromatic amines is 1. The number of esters is 1. The van der Waals surface area contributed by atoms with E-state index < -0.39 is 28.7 Å².